The fourth-order valence-electron chi connectivity index (χ4n) is 5.05. The van der Waals surface area contributed by atoms with Gasteiger partial charge < -0.3 is 20.3 Å². The zero-order valence-corrected chi connectivity index (χ0v) is 20.0. The quantitative estimate of drug-likeness (QED) is 0.563. The molecule has 188 valence electrons. The summed E-state index contributed by atoms with van der Waals surface area (Å²) < 4.78 is 34.9. The molecule has 2 N–H and O–H groups in total. The molecule has 0 aromatic heterocycles. The van der Waals surface area contributed by atoms with Gasteiger partial charge in [0.2, 0.25) is 0 Å². The van der Waals surface area contributed by atoms with Gasteiger partial charge in [-0.2, -0.15) is 0 Å². The number of hydrogen-bond donors (Lipinski definition) is 2. The molecule has 4 rings (SSSR count). The summed E-state index contributed by atoms with van der Waals surface area (Å²) >= 11 is 0. The van der Waals surface area contributed by atoms with Crippen LogP contribution >= 0.6 is 0 Å². The molecular weight excluding hydrogens is 452 g/mol. The Morgan fingerprint density at radius 2 is 1.97 bits per heavy atom. The van der Waals surface area contributed by atoms with Gasteiger partial charge in [-0.3, -0.25) is 4.79 Å². The molecule has 2 aromatic carbocycles. The number of piperidine rings is 1. The maximum absolute atomic E-state index is 14.9. The zero-order valence-electron chi connectivity index (χ0n) is 20.0. The van der Waals surface area contributed by atoms with Crippen LogP contribution in [0.5, 0.6) is 0 Å². The number of likely N-dealkylation sites (tertiary alicyclic amines) is 1. The van der Waals surface area contributed by atoms with Crippen molar-refractivity contribution in [3.8, 4) is 0 Å². The summed E-state index contributed by atoms with van der Waals surface area (Å²) in [6, 6.07) is 12.2. The number of hydrogen-bond acceptors (Lipinski definition) is 4. The lowest BCUT2D eigenvalue weighted by molar-refractivity contribution is -0.0599. The number of anilines is 1. The lowest BCUT2D eigenvalue weighted by atomic mass is 9.90. The van der Waals surface area contributed by atoms with Crippen molar-refractivity contribution < 1.29 is 23.1 Å². The summed E-state index contributed by atoms with van der Waals surface area (Å²) in [7, 11) is 0. The third-order valence-corrected chi connectivity index (χ3v) is 6.85. The molecule has 2 aliphatic heterocycles. The van der Waals surface area contributed by atoms with E-state index in [1.54, 1.807) is 30.3 Å². The summed E-state index contributed by atoms with van der Waals surface area (Å²) in [4.78, 5) is 26.5. The van der Waals surface area contributed by atoms with Crippen LogP contribution in [0, 0.1) is 11.7 Å². The average molecular weight is 486 g/mol. The van der Waals surface area contributed by atoms with Crippen molar-refractivity contribution in [3.63, 3.8) is 0 Å². The highest BCUT2D eigenvalue weighted by atomic mass is 19.1. The van der Waals surface area contributed by atoms with Crippen LogP contribution in [0.4, 0.5) is 19.3 Å². The van der Waals surface area contributed by atoms with E-state index in [9.17, 15) is 18.4 Å². The smallest absolute Gasteiger partial charge is 0.319 e. The van der Waals surface area contributed by atoms with Gasteiger partial charge in [0.25, 0.3) is 0 Å². The molecule has 4 unspecified atom stereocenters. The van der Waals surface area contributed by atoms with Crippen LogP contribution in [0.3, 0.4) is 0 Å². The highest BCUT2D eigenvalue weighted by Crippen LogP contribution is 2.25. The van der Waals surface area contributed by atoms with Gasteiger partial charge in [0.05, 0.1) is 12.1 Å². The second-order valence-electron chi connectivity index (χ2n) is 9.54. The van der Waals surface area contributed by atoms with Crippen molar-refractivity contribution in [3.05, 3.63) is 65.5 Å². The topological polar surface area (TPSA) is 70.7 Å². The van der Waals surface area contributed by atoms with Crippen LogP contribution in [-0.4, -0.2) is 61.3 Å². The van der Waals surface area contributed by atoms with Gasteiger partial charge >= 0.3 is 6.03 Å². The number of carbonyl (C=O) groups is 2. The fourth-order valence-corrected chi connectivity index (χ4v) is 5.05. The number of ketones is 1. The summed E-state index contributed by atoms with van der Waals surface area (Å²) in [5.74, 6) is 0.0340. The number of nitrogens with zero attached hydrogens (tertiary/aromatic N) is 1. The van der Waals surface area contributed by atoms with Crippen LogP contribution in [-0.2, 0) is 11.2 Å². The molecule has 8 heteroatoms. The standard InChI is InChI=1S/C27H33F2N3O3/c1-18(33)20-8-4-9-22(15-20)30-27(34)31-26-24(29)11-13-35-25(26)17-32-12-5-6-19(16-32)14-21-7-2-3-10-23(21)28/h2-4,7-10,15,19,24-26H,5-6,11-14,16-17H2,1H3,(H2,30,31,34). The van der Waals surface area contributed by atoms with Gasteiger partial charge in [0.15, 0.2) is 5.78 Å². The molecule has 0 spiro atoms. The normalized spacial score (nSPS) is 25.1. The molecule has 2 saturated heterocycles. The van der Waals surface area contributed by atoms with E-state index >= 15 is 0 Å². The van der Waals surface area contributed by atoms with E-state index in [-0.39, 0.29) is 18.0 Å². The molecule has 0 saturated carbocycles. The van der Waals surface area contributed by atoms with Gasteiger partial charge in [0.1, 0.15) is 12.0 Å². The number of nitrogens with one attached hydrogen (secondary N) is 2. The summed E-state index contributed by atoms with van der Waals surface area (Å²) in [6.07, 6.45) is 1.19. The van der Waals surface area contributed by atoms with Crippen molar-refractivity contribution in [2.75, 3.05) is 31.6 Å². The molecule has 0 radical (unpaired) electrons. The highest BCUT2D eigenvalue weighted by Gasteiger charge is 2.37. The van der Waals surface area contributed by atoms with Gasteiger partial charge in [0, 0.05) is 37.4 Å². The summed E-state index contributed by atoms with van der Waals surface area (Å²) in [5, 5.41) is 5.45. The van der Waals surface area contributed by atoms with Gasteiger partial charge in [-0.15, -0.1) is 0 Å². The van der Waals surface area contributed by atoms with Crippen molar-refractivity contribution >= 4 is 17.5 Å². The minimum absolute atomic E-state index is 0.103. The number of amides is 2. The van der Waals surface area contributed by atoms with Crippen LogP contribution in [0.1, 0.15) is 42.1 Å². The Labute approximate surface area is 205 Å². The van der Waals surface area contributed by atoms with E-state index in [2.05, 4.69) is 15.5 Å². The lowest BCUT2D eigenvalue weighted by Gasteiger charge is -2.40. The van der Waals surface area contributed by atoms with Gasteiger partial charge in [-0.05, 0) is 62.4 Å². The Kier molecular flexibility index (Phi) is 8.46. The maximum atomic E-state index is 14.9. The Hall–Kier alpha value is -2.84. The molecule has 2 amide bonds. The van der Waals surface area contributed by atoms with E-state index in [1.165, 1.54) is 13.0 Å². The zero-order chi connectivity index (χ0) is 24.8. The summed E-state index contributed by atoms with van der Waals surface area (Å²) in [5.41, 5.74) is 1.67. The van der Waals surface area contributed by atoms with Crippen LogP contribution in [0.15, 0.2) is 48.5 Å². The number of benzene rings is 2. The summed E-state index contributed by atoms with van der Waals surface area (Å²) in [6.45, 7) is 3.90. The van der Waals surface area contributed by atoms with E-state index in [0.29, 0.717) is 36.7 Å². The number of halogens is 2. The monoisotopic (exact) mass is 485 g/mol. The Morgan fingerprint density at radius 1 is 1.14 bits per heavy atom. The molecule has 0 aliphatic carbocycles. The number of urea groups is 1. The number of Topliss-reactive ketones (excluding diaryl/α,β-unsaturated/α-hetero) is 1. The van der Waals surface area contributed by atoms with Gasteiger partial charge in [-0.25, -0.2) is 13.6 Å². The van der Waals surface area contributed by atoms with E-state index < -0.39 is 24.3 Å². The van der Waals surface area contributed by atoms with Crippen molar-refractivity contribution in [2.45, 2.75) is 50.9 Å². The first-order valence-electron chi connectivity index (χ1n) is 12.3. The fraction of sp³-hybridized carbons (Fsp3) is 0.481. The third kappa shape index (κ3) is 6.86. The molecule has 2 aliphatic rings. The third-order valence-electron chi connectivity index (χ3n) is 6.85. The number of rotatable bonds is 7. The molecule has 0 bridgehead atoms. The van der Waals surface area contributed by atoms with Crippen LogP contribution < -0.4 is 10.6 Å². The number of ether oxygens (including phenoxy) is 1. The molecule has 6 nitrogen and oxygen atoms in total. The largest absolute Gasteiger partial charge is 0.375 e. The number of carbonyl (C=O) groups excluding carboxylic acids is 2. The minimum Gasteiger partial charge on any atom is -0.375 e. The molecular formula is C27H33F2N3O3. The van der Waals surface area contributed by atoms with Crippen molar-refractivity contribution in [2.24, 2.45) is 5.92 Å². The predicted molar refractivity (Wildman–Crippen MR) is 131 cm³/mol. The first-order valence-corrected chi connectivity index (χ1v) is 12.3. The second kappa shape index (κ2) is 11.7. The molecule has 2 aromatic rings. The average Bonchev–Trinajstić information content (AvgIpc) is 2.83. The van der Waals surface area contributed by atoms with Crippen LogP contribution in [0.2, 0.25) is 0 Å². The van der Waals surface area contributed by atoms with Gasteiger partial charge in [-0.1, -0.05) is 30.3 Å². The van der Waals surface area contributed by atoms with E-state index in [0.717, 1.165) is 31.5 Å². The van der Waals surface area contributed by atoms with Crippen molar-refractivity contribution in [1.82, 2.24) is 10.2 Å². The molecule has 35 heavy (non-hydrogen) atoms. The lowest BCUT2D eigenvalue weighted by Crippen LogP contribution is -2.58. The second-order valence-corrected chi connectivity index (χ2v) is 9.54. The molecule has 4 atom stereocenters. The Bertz CT molecular complexity index is 1030. The first-order chi connectivity index (χ1) is 16.9. The SMILES string of the molecule is CC(=O)c1cccc(NC(=O)NC2C(F)CCOC2CN2CCCC(Cc3ccccc3F)C2)c1. The predicted octanol–water partition coefficient (Wildman–Crippen LogP) is 4.60. The Balaban J connectivity index is 1.35. The maximum Gasteiger partial charge on any atom is 0.319 e. The van der Waals surface area contributed by atoms with Crippen molar-refractivity contribution in [1.29, 1.82) is 0 Å². The first kappa shape index (κ1) is 25.3. The van der Waals surface area contributed by atoms with E-state index in [1.807, 2.05) is 12.1 Å². The number of alkyl halides is 1. The molecule has 2 heterocycles. The van der Waals surface area contributed by atoms with Crippen LogP contribution in [0.25, 0.3) is 0 Å². The Morgan fingerprint density at radius 3 is 2.77 bits per heavy atom. The van der Waals surface area contributed by atoms with E-state index in [4.69, 9.17) is 4.74 Å². The minimum atomic E-state index is -1.22. The molecule has 2 fully saturated rings. The highest BCUT2D eigenvalue weighted by molar-refractivity contribution is 5.96.